The highest BCUT2D eigenvalue weighted by molar-refractivity contribution is 7.99. The highest BCUT2D eigenvalue weighted by atomic mass is 32.2. The fourth-order valence-electron chi connectivity index (χ4n) is 1.37. The fraction of sp³-hybridized carbons (Fsp3) is 0.417. The number of nitrogens with zero attached hydrogens (tertiary/aromatic N) is 2. The molecule has 0 atom stereocenters. The lowest BCUT2D eigenvalue weighted by molar-refractivity contribution is 0.974. The predicted molar refractivity (Wildman–Crippen MR) is 67.4 cm³/mol. The summed E-state index contributed by atoms with van der Waals surface area (Å²) < 4.78 is 0. The molecule has 0 N–H and O–H groups in total. The van der Waals surface area contributed by atoms with E-state index in [1.165, 1.54) is 0 Å². The summed E-state index contributed by atoms with van der Waals surface area (Å²) in [5.74, 6) is 2.25. The summed E-state index contributed by atoms with van der Waals surface area (Å²) in [6.07, 6.45) is 0. The van der Waals surface area contributed by atoms with Crippen LogP contribution in [0.15, 0.2) is 24.3 Å². The lowest BCUT2D eigenvalue weighted by Gasteiger charge is -2.19. The molecule has 3 heteroatoms. The van der Waals surface area contributed by atoms with Crippen molar-refractivity contribution in [2.24, 2.45) is 0 Å². The lowest BCUT2D eigenvalue weighted by Crippen LogP contribution is -2.21. The van der Waals surface area contributed by atoms with E-state index in [1.54, 1.807) is 0 Å². The molecule has 1 rings (SSSR count). The van der Waals surface area contributed by atoms with Crippen LogP contribution in [-0.2, 0) is 0 Å². The quantitative estimate of drug-likeness (QED) is 0.714. The van der Waals surface area contributed by atoms with Crippen LogP contribution >= 0.6 is 11.8 Å². The van der Waals surface area contributed by atoms with Crippen LogP contribution in [0.5, 0.6) is 0 Å². The van der Waals surface area contributed by atoms with Gasteiger partial charge in [-0.2, -0.15) is 17.0 Å². The third kappa shape index (κ3) is 3.49. The van der Waals surface area contributed by atoms with Crippen molar-refractivity contribution in [1.82, 2.24) is 0 Å². The first-order chi connectivity index (χ1) is 7.29. The molecular formula is C12H16N2S. The van der Waals surface area contributed by atoms with Gasteiger partial charge in [0.1, 0.15) is 6.07 Å². The molecule has 0 bridgehead atoms. The number of para-hydroxylation sites is 1. The van der Waals surface area contributed by atoms with E-state index in [0.717, 1.165) is 29.3 Å². The van der Waals surface area contributed by atoms with E-state index < -0.39 is 0 Å². The van der Waals surface area contributed by atoms with Crippen LogP contribution in [0.25, 0.3) is 0 Å². The summed E-state index contributed by atoms with van der Waals surface area (Å²) in [5.41, 5.74) is 1.78. The molecule has 0 aliphatic rings. The standard InChI is InChI=1S/C12H16N2S/c1-3-15-9-8-14(2)12-7-5-4-6-11(12)10-13/h4-7H,3,8-9H2,1-2H3. The molecule has 0 aromatic heterocycles. The highest BCUT2D eigenvalue weighted by Gasteiger charge is 2.05. The van der Waals surface area contributed by atoms with E-state index in [1.807, 2.05) is 43.1 Å². The minimum absolute atomic E-state index is 0.751. The van der Waals surface area contributed by atoms with Gasteiger partial charge in [-0.1, -0.05) is 19.1 Å². The first-order valence-corrected chi connectivity index (χ1v) is 6.23. The van der Waals surface area contributed by atoms with E-state index in [0.29, 0.717) is 0 Å². The SMILES string of the molecule is CCSCCN(C)c1ccccc1C#N. The number of hydrogen-bond donors (Lipinski definition) is 0. The van der Waals surface area contributed by atoms with Gasteiger partial charge in [0.15, 0.2) is 0 Å². The maximum absolute atomic E-state index is 8.96. The molecule has 15 heavy (non-hydrogen) atoms. The Hall–Kier alpha value is -1.14. The molecule has 1 aromatic carbocycles. The van der Waals surface area contributed by atoms with Crippen molar-refractivity contribution in [2.75, 3.05) is 30.0 Å². The summed E-state index contributed by atoms with van der Waals surface area (Å²) in [7, 11) is 2.03. The zero-order valence-corrected chi connectivity index (χ0v) is 10.0. The molecule has 0 unspecified atom stereocenters. The fourth-order valence-corrected chi connectivity index (χ4v) is 2.06. The Labute approximate surface area is 95.9 Å². The van der Waals surface area contributed by atoms with Gasteiger partial charge in [-0.15, -0.1) is 0 Å². The molecule has 80 valence electrons. The van der Waals surface area contributed by atoms with Crippen molar-refractivity contribution in [3.63, 3.8) is 0 Å². The van der Waals surface area contributed by atoms with Gasteiger partial charge in [-0.05, 0) is 17.9 Å². The molecule has 0 heterocycles. The smallest absolute Gasteiger partial charge is 0.101 e. The molecular weight excluding hydrogens is 204 g/mol. The van der Waals surface area contributed by atoms with Crippen LogP contribution < -0.4 is 4.90 Å². The van der Waals surface area contributed by atoms with Crippen LogP contribution in [-0.4, -0.2) is 25.1 Å². The molecule has 2 nitrogen and oxygen atoms in total. The van der Waals surface area contributed by atoms with Gasteiger partial charge in [-0.3, -0.25) is 0 Å². The second-order valence-corrected chi connectivity index (χ2v) is 4.64. The Bertz CT molecular complexity index is 344. The number of anilines is 1. The van der Waals surface area contributed by atoms with Gasteiger partial charge < -0.3 is 4.90 Å². The summed E-state index contributed by atoms with van der Waals surface area (Å²) in [4.78, 5) is 2.14. The van der Waals surface area contributed by atoms with Gasteiger partial charge in [-0.25, -0.2) is 0 Å². The number of rotatable bonds is 5. The molecule has 0 aliphatic heterocycles. The molecule has 0 saturated carbocycles. The Balaban J connectivity index is 2.65. The molecule has 0 amide bonds. The molecule has 0 saturated heterocycles. The van der Waals surface area contributed by atoms with Crippen molar-refractivity contribution >= 4 is 17.4 Å². The Morgan fingerprint density at radius 1 is 1.40 bits per heavy atom. The van der Waals surface area contributed by atoms with Crippen LogP contribution in [0.1, 0.15) is 12.5 Å². The normalized spacial score (nSPS) is 9.67. The van der Waals surface area contributed by atoms with Crippen molar-refractivity contribution in [1.29, 1.82) is 5.26 Å². The van der Waals surface area contributed by atoms with Gasteiger partial charge >= 0.3 is 0 Å². The number of nitriles is 1. The molecule has 0 radical (unpaired) electrons. The van der Waals surface area contributed by atoms with E-state index in [4.69, 9.17) is 5.26 Å². The van der Waals surface area contributed by atoms with Gasteiger partial charge in [0.05, 0.1) is 11.3 Å². The number of hydrogen-bond acceptors (Lipinski definition) is 3. The van der Waals surface area contributed by atoms with Crippen molar-refractivity contribution < 1.29 is 0 Å². The second kappa shape index (κ2) is 6.36. The van der Waals surface area contributed by atoms with Gasteiger partial charge in [0, 0.05) is 19.3 Å². The van der Waals surface area contributed by atoms with Crippen LogP contribution in [0.3, 0.4) is 0 Å². The summed E-state index contributed by atoms with van der Waals surface area (Å²) >= 11 is 1.92. The van der Waals surface area contributed by atoms with E-state index in [2.05, 4.69) is 17.9 Å². The zero-order chi connectivity index (χ0) is 11.1. The Kier molecular flexibility index (Phi) is 5.06. The lowest BCUT2D eigenvalue weighted by atomic mass is 10.2. The molecule has 1 aromatic rings. The van der Waals surface area contributed by atoms with Crippen molar-refractivity contribution in [3.8, 4) is 6.07 Å². The van der Waals surface area contributed by atoms with Crippen LogP contribution in [0.2, 0.25) is 0 Å². The summed E-state index contributed by atoms with van der Waals surface area (Å²) in [6.45, 7) is 3.14. The Morgan fingerprint density at radius 3 is 2.80 bits per heavy atom. The van der Waals surface area contributed by atoms with Gasteiger partial charge in [0.2, 0.25) is 0 Å². The molecule has 0 aliphatic carbocycles. The highest BCUT2D eigenvalue weighted by Crippen LogP contribution is 2.18. The number of benzene rings is 1. The third-order valence-electron chi connectivity index (χ3n) is 2.21. The molecule has 0 fully saturated rings. The third-order valence-corrected chi connectivity index (χ3v) is 3.09. The summed E-state index contributed by atoms with van der Waals surface area (Å²) in [5, 5.41) is 8.96. The molecule has 0 spiro atoms. The zero-order valence-electron chi connectivity index (χ0n) is 9.23. The first kappa shape index (κ1) is 11.9. The first-order valence-electron chi connectivity index (χ1n) is 5.07. The monoisotopic (exact) mass is 220 g/mol. The van der Waals surface area contributed by atoms with Crippen LogP contribution in [0, 0.1) is 11.3 Å². The minimum atomic E-state index is 0.751. The van der Waals surface area contributed by atoms with E-state index in [9.17, 15) is 0 Å². The maximum Gasteiger partial charge on any atom is 0.101 e. The minimum Gasteiger partial charge on any atom is -0.373 e. The average Bonchev–Trinajstić information content (AvgIpc) is 2.29. The van der Waals surface area contributed by atoms with Crippen molar-refractivity contribution in [3.05, 3.63) is 29.8 Å². The van der Waals surface area contributed by atoms with Crippen LogP contribution in [0.4, 0.5) is 5.69 Å². The maximum atomic E-state index is 8.96. The largest absolute Gasteiger partial charge is 0.373 e. The second-order valence-electron chi connectivity index (χ2n) is 3.25. The predicted octanol–water partition coefficient (Wildman–Crippen LogP) is 2.75. The van der Waals surface area contributed by atoms with E-state index in [-0.39, 0.29) is 0 Å². The summed E-state index contributed by atoms with van der Waals surface area (Å²) in [6, 6.07) is 9.94. The topological polar surface area (TPSA) is 27.0 Å². The average molecular weight is 220 g/mol. The van der Waals surface area contributed by atoms with E-state index >= 15 is 0 Å². The number of thioether (sulfide) groups is 1. The Morgan fingerprint density at radius 2 is 2.13 bits per heavy atom. The van der Waals surface area contributed by atoms with Crippen molar-refractivity contribution in [2.45, 2.75) is 6.92 Å². The van der Waals surface area contributed by atoms with Gasteiger partial charge in [0.25, 0.3) is 0 Å².